The maximum atomic E-state index is 3.78. The molecule has 0 aromatic heterocycles. The molecule has 2 aliphatic carbocycles. The molecule has 3 rings (SSSR count). The van der Waals surface area contributed by atoms with E-state index in [0.717, 1.165) is 23.8 Å². The Balaban J connectivity index is 1.65. The molecule has 1 nitrogen and oxygen atoms in total. The van der Waals surface area contributed by atoms with Crippen LogP contribution in [-0.4, -0.2) is 12.6 Å². The number of rotatable bonds is 5. The van der Waals surface area contributed by atoms with Gasteiger partial charge in [0.2, 0.25) is 0 Å². The van der Waals surface area contributed by atoms with Crippen LogP contribution in [0.2, 0.25) is 0 Å². The summed E-state index contributed by atoms with van der Waals surface area (Å²) < 4.78 is 0. The van der Waals surface area contributed by atoms with Crippen LogP contribution in [0.4, 0.5) is 0 Å². The van der Waals surface area contributed by atoms with Crippen molar-refractivity contribution in [1.82, 2.24) is 5.32 Å². The van der Waals surface area contributed by atoms with Crippen LogP contribution in [0.3, 0.4) is 0 Å². The molecule has 0 bridgehead atoms. The van der Waals surface area contributed by atoms with Crippen molar-refractivity contribution in [2.45, 2.75) is 65.3 Å². The van der Waals surface area contributed by atoms with Gasteiger partial charge in [-0.3, -0.25) is 0 Å². The third-order valence-corrected chi connectivity index (χ3v) is 5.43. The summed E-state index contributed by atoms with van der Waals surface area (Å²) in [4.78, 5) is 0. The fraction of sp³-hybridized carbons (Fsp3) is 0.700. The van der Waals surface area contributed by atoms with Gasteiger partial charge in [-0.05, 0) is 75.8 Å². The summed E-state index contributed by atoms with van der Waals surface area (Å²) in [5.74, 6) is 2.68. The van der Waals surface area contributed by atoms with Crippen molar-refractivity contribution in [2.75, 3.05) is 6.54 Å². The number of nitrogens with one attached hydrogen (secondary N) is 1. The highest BCUT2D eigenvalue weighted by atomic mass is 14.9. The number of hydrogen-bond acceptors (Lipinski definition) is 1. The van der Waals surface area contributed by atoms with Gasteiger partial charge in [0.15, 0.2) is 0 Å². The first kappa shape index (κ1) is 15.1. The summed E-state index contributed by atoms with van der Waals surface area (Å²) in [5.41, 5.74) is 4.39. The van der Waals surface area contributed by atoms with Crippen LogP contribution in [0.5, 0.6) is 0 Å². The Bertz CT molecular complexity index is 454. The quantitative estimate of drug-likeness (QED) is 0.830. The molecule has 0 saturated heterocycles. The van der Waals surface area contributed by atoms with E-state index in [1.54, 1.807) is 5.56 Å². The summed E-state index contributed by atoms with van der Waals surface area (Å²) in [6.45, 7) is 8.16. The topological polar surface area (TPSA) is 12.0 Å². The van der Waals surface area contributed by atoms with Gasteiger partial charge in [-0.25, -0.2) is 0 Å². The number of aryl methyl sites for hydroxylation is 2. The smallest absolute Gasteiger partial charge is 0.00683 e. The van der Waals surface area contributed by atoms with E-state index in [4.69, 9.17) is 0 Å². The zero-order chi connectivity index (χ0) is 14.8. The zero-order valence-electron chi connectivity index (χ0n) is 14.0. The van der Waals surface area contributed by atoms with E-state index in [-0.39, 0.29) is 0 Å². The molecule has 1 aromatic carbocycles. The van der Waals surface area contributed by atoms with Crippen molar-refractivity contribution in [3.05, 3.63) is 34.9 Å². The molecule has 0 radical (unpaired) electrons. The normalized spacial score (nSPS) is 29.6. The fourth-order valence-corrected chi connectivity index (χ4v) is 4.18. The van der Waals surface area contributed by atoms with Crippen molar-refractivity contribution >= 4 is 0 Å². The molecule has 3 unspecified atom stereocenters. The van der Waals surface area contributed by atoms with Gasteiger partial charge in [-0.2, -0.15) is 0 Å². The van der Waals surface area contributed by atoms with E-state index in [9.17, 15) is 0 Å². The maximum Gasteiger partial charge on any atom is 0.00683 e. The van der Waals surface area contributed by atoms with E-state index in [1.165, 1.54) is 56.2 Å². The Kier molecular flexibility index (Phi) is 4.69. The van der Waals surface area contributed by atoms with Gasteiger partial charge in [0, 0.05) is 6.04 Å². The van der Waals surface area contributed by atoms with E-state index < -0.39 is 0 Å². The van der Waals surface area contributed by atoms with E-state index in [1.807, 2.05) is 0 Å². The predicted molar refractivity (Wildman–Crippen MR) is 90.6 cm³/mol. The minimum atomic E-state index is 0.853. The average Bonchev–Trinajstić information content (AvgIpc) is 3.20. The molecule has 0 amide bonds. The van der Waals surface area contributed by atoms with Gasteiger partial charge < -0.3 is 5.32 Å². The third-order valence-electron chi connectivity index (χ3n) is 5.43. The molecule has 1 N–H and O–H groups in total. The SMILES string of the molecule is Cc1cc(C)cc(CC2CC(C)CCC2CNC2CC2)c1. The molecule has 1 heteroatoms. The Hall–Kier alpha value is -0.820. The van der Waals surface area contributed by atoms with Crippen LogP contribution in [0.15, 0.2) is 18.2 Å². The second-order valence-electron chi connectivity index (χ2n) is 7.82. The summed E-state index contributed by atoms with van der Waals surface area (Å²) in [5, 5.41) is 3.78. The average molecular weight is 285 g/mol. The third kappa shape index (κ3) is 4.32. The molecule has 0 spiro atoms. The molecule has 21 heavy (non-hydrogen) atoms. The maximum absolute atomic E-state index is 3.78. The first-order valence-electron chi connectivity index (χ1n) is 8.90. The van der Waals surface area contributed by atoms with Crippen LogP contribution in [0, 0.1) is 31.6 Å². The van der Waals surface area contributed by atoms with E-state index in [0.29, 0.717) is 0 Å². The summed E-state index contributed by atoms with van der Waals surface area (Å²) in [6.07, 6.45) is 8.38. The van der Waals surface area contributed by atoms with Gasteiger partial charge in [0.25, 0.3) is 0 Å². The fourth-order valence-electron chi connectivity index (χ4n) is 4.18. The minimum Gasteiger partial charge on any atom is -0.314 e. The minimum absolute atomic E-state index is 0.853. The van der Waals surface area contributed by atoms with Crippen molar-refractivity contribution < 1.29 is 0 Å². The summed E-state index contributed by atoms with van der Waals surface area (Å²) >= 11 is 0. The molecule has 2 saturated carbocycles. The van der Waals surface area contributed by atoms with Gasteiger partial charge in [0.05, 0.1) is 0 Å². The first-order valence-corrected chi connectivity index (χ1v) is 8.90. The Morgan fingerprint density at radius 2 is 1.67 bits per heavy atom. The lowest BCUT2D eigenvalue weighted by atomic mass is 9.72. The molecule has 116 valence electrons. The van der Waals surface area contributed by atoms with E-state index in [2.05, 4.69) is 44.3 Å². The standard InChI is InChI=1S/C20H31N/c1-14-4-5-18(13-21-20-6-7-20)19(11-14)12-17-9-15(2)8-16(3)10-17/h8-10,14,18-21H,4-7,11-13H2,1-3H3. The second kappa shape index (κ2) is 6.52. The molecule has 0 aliphatic heterocycles. The molecule has 2 aliphatic rings. The van der Waals surface area contributed by atoms with Crippen molar-refractivity contribution in [2.24, 2.45) is 17.8 Å². The Labute approximate surface area is 130 Å². The van der Waals surface area contributed by atoms with Crippen molar-refractivity contribution in [1.29, 1.82) is 0 Å². The highest BCUT2D eigenvalue weighted by Gasteiger charge is 2.30. The number of hydrogen-bond donors (Lipinski definition) is 1. The Morgan fingerprint density at radius 3 is 2.33 bits per heavy atom. The molecular weight excluding hydrogens is 254 g/mol. The van der Waals surface area contributed by atoms with Crippen LogP contribution >= 0.6 is 0 Å². The van der Waals surface area contributed by atoms with Gasteiger partial charge in [0.1, 0.15) is 0 Å². The van der Waals surface area contributed by atoms with Crippen molar-refractivity contribution in [3.63, 3.8) is 0 Å². The number of benzene rings is 1. The van der Waals surface area contributed by atoms with Gasteiger partial charge in [-0.15, -0.1) is 0 Å². The second-order valence-corrected chi connectivity index (χ2v) is 7.82. The highest BCUT2D eigenvalue weighted by Crippen LogP contribution is 2.36. The molecular formula is C20H31N. The van der Waals surface area contributed by atoms with Crippen LogP contribution in [-0.2, 0) is 6.42 Å². The highest BCUT2D eigenvalue weighted by molar-refractivity contribution is 5.29. The van der Waals surface area contributed by atoms with Crippen LogP contribution in [0.1, 0.15) is 55.7 Å². The van der Waals surface area contributed by atoms with Crippen LogP contribution in [0.25, 0.3) is 0 Å². The largest absolute Gasteiger partial charge is 0.314 e. The lowest BCUT2D eigenvalue weighted by Crippen LogP contribution is -2.34. The van der Waals surface area contributed by atoms with Gasteiger partial charge >= 0.3 is 0 Å². The molecule has 0 heterocycles. The van der Waals surface area contributed by atoms with Gasteiger partial charge in [-0.1, -0.05) is 42.7 Å². The Morgan fingerprint density at radius 1 is 0.952 bits per heavy atom. The van der Waals surface area contributed by atoms with E-state index >= 15 is 0 Å². The lowest BCUT2D eigenvalue weighted by Gasteiger charge is -2.35. The van der Waals surface area contributed by atoms with Crippen LogP contribution < -0.4 is 5.32 Å². The first-order chi connectivity index (χ1) is 10.1. The molecule has 1 aromatic rings. The summed E-state index contributed by atoms with van der Waals surface area (Å²) in [6, 6.07) is 7.94. The molecule has 2 fully saturated rings. The zero-order valence-corrected chi connectivity index (χ0v) is 14.0. The summed E-state index contributed by atoms with van der Waals surface area (Å²) in [7, 11) is 0. The molecule has 3 atom stereocenters. The predicted octanol–water partition coefficient (Wildman–Crippen LogP) is 4.65. The monoisotopic (exact) mass is 285 g/mol. The van der Waals surface area contributed by atoms with Crippen molar-refractivity contribution in [3.8, 4) is 0 Å². The lowest BCUT2D eigenvalue weighted by molar-refractivity contribution is 0.183.